The topological polar surface area (TPSA) is 64.0 Å². The Bertz CT molecular complexity index is 675. The van der Waals surface area contributed by atoms with Crippen molar-refractivity contribution < 1.29 is 9.49 Å². The smallest absolute Gasteiger partial charge is 0.293 e. The van der Waals surface area contributed by atoms with Crippen LogP contribution in [-0.4, -0.2) is 22.3 Å². The second-order valence-corrected chi connectivity index (χ2v) is 6.11. The predicted molar refractivity (Wildman–Crippen MR) is 88.6 cm³/mol. The van der Waals surface area contributed by atoms with E-state index in [1.165, 1.54) is 17.8 Å². The molecule has 1 heterocycles. The van der Waals surface area contributed by atoms with Gasteiger partial charge in [-0.1, -0.05) is 11.6 Å². The summed E-state index contributed by atoms with van der Waals surface area (Å²) >= 11 is 7.50. The van der Waals surface area contributed by atoms with Crippen LogP contribution in [0.4, 0.5) is 11.4 Å². The lowest BCUT2D eigenvalue weighted by Crippen LogP contribution is -2.23. The number of anilines is 1. The summed E-state index contributed by atoms with van der Waals surface area (Å²) in [6, 6.07) is 3.14. The van der Waals surface area contributed by atoms with Gasteiger partial charge in [0.05, 0.1) is 23.5 Å². The molecule has 0 spiro atoms. The highest BCUT2D eigenvalue weighted by Crippen LogP contribution is 2.35. The second kappa shape index (κ2) is 7.51. The Hall–Kier alpha value is -1.73. The molecule has 0 unspecified atom stereocenters. The third kappa shape index (κ3) is 4.14. The zero-order valence-corrected chi connectivity index (χ0v) is 14.0. The molecule has 2 rings (SSSR count). The first kappa shape index (κ1) is 16.6. The lowest BCUT2D eigenvalue weighted by Gasteiger charge is -2.09. The third-order valence-corrected chi connectivity index (χ3v) is 4.40. The fourth-order valence-corrected chi connectivity index (χ4v) is 2.99. The van der Waals surface area contributed by atoms with Crippen LogP contribution in [0, 0.1) is 10.1 Å². The molecule has 0 radical (unpaired) electrons. The van der Waals surface area contributed by atoms with E-state index in [0.717, 1.165) is 17.9 Å². The maximum Gasteiger partial charge on any atom is 0.293 e. The number of rotatable bonds is 7. The summed E-state index contributed by atoms with van der Waals surface area (Å²) in [6.07, 6.45) is 8.72. The number of nitrogens with one attached hydrogen (secondary N) is 1. The highest BCUT2D eigenvalue weighted by molar-refractivity contribution is 7.98. The first-order valence-electron chi connectivity index (χ1n) is 6.78. The number of thioether (sulfide) groups is 1. The monoisotopic (exact) mass is 341 g/mol. The van der Waals surface area contributed by atoms with Crippen LogP contribution in [0.5, 0.6) is 0 Å². The SMILES string of the molecule is CSc1cc(NCCCn2cc[n+](C)c2)c([N+](=O)[O-])cc1Cl. The Labute approximate surface area is 138 Å². The van der Waals surface area contributed by atoms with E-state index < -0.39 is 4.92 Å². The highest BCUT2D eigenvalue weighted by Gasteiger charge is 2.17. The molecule has 0 aliphatic heterocycles. The Morgan fingerprint density at radius 2 is 2.27 bits per heavy atom. The summed E-state index contributed by atoms with van der Waals surface area (Å²) < 4.78 is 4.05. The van der Waals surface area contributed by atoms with Crippen LogP contribution in [0.25, 0.3) is 0 Å². The van der Waals surface area contributed by atoms with Gasteiger partial charge in [0.15, 0.2) is 0 Å². The molecule has 0 atom stereocenters. The molecule has 0 saturated heterocycles. The number of benzene rings is 1. The van der Waals surface area contributed by atoms with E-state index in [4.69, 9.17) is 11.6 Å². The van der Waals surface area contributed by atoms with Crippen molar-refractivity contribution in [2.75, 3.05) is 18.1 Å². The number of aryl methyl sites for hydroxylation is 2. The molecule has 118 valence electrons. The van der Waals surface area contributed by atoms with Gasteiger partial charge in [0.1, 0.15) is 18.1 Å². The van der Waals surface area contributed by atoms with Gasteiger partial charge in [0.2, 0.25) is 6.33 Å². The van der Waals surface area contributed by atoms with Crippen LogP contribution in [0.3, 0.4) is 0 Å². The van der Waals surface area contributed by atoms with Crippen LogP contribution in [0.1, 0.15) is 6.42 Å². The van der Waals surface area contributed by atoms with E-state index in [1.807, 2.05) is 36.6 Å². The van der Waals surface area contributed by atoms with Crippen LogP contribution in [0.2, 0.25) is 5.02 Å². The predicted octanol–water partition coefficient (Wildman–Crippen LogP) is 3.10. The van der Waals surface area contributed by atoms with E-state index in [0.29, 0.717) is 17.3 Å². The molecule has 0 aliphatic carbocycles. The average molecular weight is 342 g/mol. The molecule has 0 fully saturated rings. The molecule has 22 heavy (non-hydrogen) atoms. The van der Waals surface area contributed by atoms with E-state index >= 15 is 0 Å². The summed E-state index contributed by atoms with van der Waals surface area (Å²) in [4.78, 5) is 11.5. The van der Waals surface area contributed by atoms with Gasteiger partial charge in [-0.15, -0.1) is 11.8 Å². The van der Waals surface area contributed by atoms with Gasteiger partial charge in [-0.25, -0.2) is 9.13 Å². The normalized spacial score (nSPS) is 10.7. The average Bonchev–Trinajstić information content (AvgIpc) is 2.89. The first-order chi connectivity index (χ1) is 10.5. The summed E-state index contributed by atoms with van der Waals surface area (Å²) in [5.41, 5.74) is 0.520. The number of hydrogen-bond donors (Lipinski definition) is 1. The minimum Gasteiger partial charge on any atom is -0.379 e. The minimum absolute atomic E-state index is 0.00941. The van der Waals surface area contributed by atoms with Gasteiger partial charge >= 0.3 is 0 Å². The van der Waals surface area contributed by atoms with Crippen molar-refractivity contribution in [2.24, 2.45) is 7.05 Å². The fourth-order valence-electron chi connectivity index (χ4n) is 2.11. The lowest BCUT2D eigenvalue weighted by molar-refractivity contribution is -0.671. The summed E-state index contributed by atoms with van der Waals surface area (Å²) in [5.74, 6) is 0. The Balaban J connectivity index is 2.00. The molecule has 2 aromatic rings. The molecule has 0 bridgehead atoms. The Kier molecular flexibility index (Phi) is 5.68. The van der Waals surface area contributed by atoms with E-state index in [1.54, 1.807) is 6.07 Å². The van der Waals surface area contributed by atoms with Gasteiger partial charge in [-0.2, -0.15) is 0 Å². The summed E-state index contributed by atoms with van der Waals surface area (Å²) in [6.45, 7) is 1.50. The van der Waals surface area contributed by atoms with Crippen molar-refractivity contribution in [1.29, 1.82) is 0 Å². The van der Waals surface area contributed by atoms with Crippen molar-refractivity contribution in [3.63, 3.8) is 0 Å². The zero-order valence-electron chi connectivity index (χ0n) is 12.5. The van der Waals surface area contributed by atoms with Crippen molar-refractivity contribution in [1.82, 2.24) is 4.57 Å². The standard InChI is InChI=1S/C14H18ClN4O2S/c1-17-6-7-18(10-17)5-3-4-16-12-9-14(22-2)11(15)8-13(12)19(20)21/h6-10,16H,3-5H2,1-2H3/q+1. The number of imidazole rings is 1. The maximum absolute atomic E-state index is 11.1. The summed E-state index contributed by atoms with van der Waals surface area (Å²) in [7, 11) is 1.97. The van der Waals surface area contributed by atoms with Gasteiger partial charge in [-0.3, -0.25) is 10.1 Å². The Morgan fingerprint density at radius 3 is 2.86 bits per heavy atom. The lowest BCUT2D eigenvalue weighted by atomic mass is 10.2. The molecule has 1 N–H and O–H groups in total. The Morgan fingerprint density at radius 1 is 1.50 bits per heavy atom. The molecule has 8 heteroatoms. The number of halogens is 1. The van der Waals surface area contributed by atoms with Crippen molar-refractivity contribution >= 4 is 34.7 Å². The molecule has 0 aliphatic rings. The molecule has 0 amide bonds. The number of nitrogens with zero attached hydrogens (tertiary/aromatic N) is 3. The van der Waals surface area contributed by atoms with Crippen molar-refractivity contribution in [3.8, 4) is 0 Å². The minimum atomic E-state index is -0.412. The highest BCUT2D eigenvalue weighted by atomic mass is 35.5. The molecule has 0 saturated carbocycles. The third-order valence-electron chi connectivity index (χ3n) is 3.20. The molecular formula is C14H18ClN4O2S+. The molecule has 1 aromatic heterocycles. The second-order valence-electron chi connectivity index (χ2n) is 4.86. The molecule has 1 aromatic carbocycles. The fraction of sp³-hybridized carbons (Fsp3) is 0.357. The van der Waals surface area contributed by atoms with Crippen LogP contribution in [-0.2, 0) is 13.6 Å². The number of hydrogen-bond acceptors (Lipinski definition) is 4. The van der Waals surface area contributed by atoms with E-state index in [9.17, 15) is 10.1 Å². The molecular weight excluding hydrogens is 324 g/mol. The van der Waals surface area contributed by atoms with Gasteiger partial charge in [-0.05, 0) is 12.3 Å². The zero-order chi connectivity index (χ0) is 16.1. The van der Waals surface area contributed by atoms with Gasteiger partial charge < -0.3 is 5.32 Å². The summed E-state index contributed by atoms with van der Waals surface area (Å²) in [5, 5.41) is 14.7. The van der Waals surface area contributed by atoms with Crippen molar-refractivity contribution in [3.05, 3.63) is 46.0 Å². The van der Waals surface area contributed by atoms with Crippen molar-refractivity contribution in [2.45, 2.75) is 17.9 Å². The number of nitro groups is 1. The van der Waals surface area contributed by atoms with Gasteiger partial charge in [0, 0.05) is 23.9 Å². The van der Waals surface area contributed by atoms with Gasteiger partial charge in [0.25, 0.3) is 5.69 Å². The van der Waals surface area contributed by atoms with Crippen LogP contribution in [0.15, 0.2) is 35.7 Å². The van der Waals surface area contributed by atoms with E-state index in [-0.39, 0.29) is 5.69 Å². The largest absolute Gasteiger partial charge is 0.379 e. The first-order valence-corrected chi connectivity index (χ1v) is 8.38. The maximum atomic E-state index is 11.1. The molecule has 6 nitrogen and oxygen atoms in total. The van der Waals surface area contributed by atoms with E-state index in [2.05, 4.69) is 9.88 Å². The quantitative estimate of drug-likeness (QED) is 0.276. The van der Waals surface area contributed by atoms with Crippen LogP contribution >= 0.6 is 23.4 Å². The van der Waals surface area contributed by atoms with Crippen LogP contribution < -0.4 is 9.88 Å². The number of nitro benzene ring substituents is 1. The number of aromatic nitrogens is 2.